The number of amides is 1. The van der Waals surface area contributed by atoms with Crippen molar-refractivity contribution in [3.63, 3.8) is 0 Å². The second-order valence-corrected chi connectivity index (χ2v) is 9.70. The average molecular weight is 426 g/mol. The highest BCUT2D eigenvalue weighted by Gasteiger charge is 2.58. The monoisotopic (exact) mass is 425 g/mol. The Balaban J connectivity index is 1.34. The summed E-state index contributed by atoms with van der Waals surface area (Å²) in [5.41, 5.74) is 1.68. The van der Waals surface area contributed by atoms with Gasteiger partial charge in [0, 0.05) is 25.2 Å². The number of anilines is 1. The Kier molecular flexibility index (Phi) is 4.94. The molecule has 1 amide bonds. The maximum atomic E-state index is 14.4. The summed E-state index contributed by atoms with van der Waals surface area (Å²) in [5.74, 6) is 1.55. The minimum atomic E-state index is -0.323. The van der Waals surface area contributed by atoms with Crippen LogP contribution in [0, 0.1) is 35.9 Å². The number of hydrogen-bond donors (Lipinski definition) is 1. The van der Waals surface area contributed by atoms with Crippen molar-refractivity contribution in [3.8, 4) is 0 Å². The molecule has 2 saturated carbocycles. The predicted molar refractivity (Wildman–Crippen MR) is 112 cm³/mol. The molecule has 1 N–H and O–H groups in total. The highest BCUT2D eigenvalue weighted by Crippen LogP contribution is 2.62. The van der Waals surface area contributed by atoms with Crippen LogP contribution in [0.2, 0.25) is 0 Å². The minimum Gasteiger partial charge on any atom is -0.408 e. The number of aryl methyl sites for hydroxylation is 1. The molecule has 3 unspecified atom stereocenters. The fourth-order valence-corrected chi connectivity index (χ4v) is 6.74. The highest BCUT2D eigenvalue weighted by molar-refractivity contribution is 5.89. The largest absolute Gasteiger partial charge is 0.408 e. The first-order chi connectivity index (χ1) is 14.9. The summed E-state index contributed by atoms with van der Waals surface area (Å²) >= 11 is 0. The SMILES string of the molecule is Cc1nnc(NC(=O)CC[C@@H]2CC(=O)[C@@]3(C)CCC4c5cccc(F)c5CCC4C23)o1. The van der Waals surface area contributed by atoms with E-state index in [2.05, 4.69) is 28.5 Å². The quantitative estimate of drug-likeness (QED) is 0.775. The molecule has 0 bridgehead atoms. The number of fused-ring (bicyclic) bond motifs is 5. The zero-order chi connectivity index (χ0) is 21.8. The normalized spacial score (nSPS) is 31.6. The lowest BCUT2D eigenvalue weighted by Crippen LogP contribution is -2.44. The summed E-state index contributed by atoms with van der Waals surface area (Å²) in [6, 6.07) is 5.55. The predicted octanol–water partition coefficient (Wildman–Crippen LogP) is 4.59. The van der Waals surface area contributed by atoms with E-state index in [-0.39, 0.29) is 35.0 Å². The van der Waals surface area contributed by atoms with Crippen LogP contribution in [0.5, 0.6) is 0 Å². The summed E-state index contributed by atoms with van der Waals surface area (Å²) in [6.45, 7) is 3.79. The van der Waals surface area contributed by atoms with E-state index in [1.54, 1.807) is 13.0 Å². The van der Waals surface area contributed by atoms with Gasteiger partial charge in [-0.2, -0.15) is 0 Å². The number of rotatable bonds is 4. The van der Waals surface area contributed by atoms with Crippen LogP contribution in [0.15, 0.2) is 22.6 Å². The van der Waals surface area contributed by atoms with E-state index in [4.69, 9.17) is 4.42 Å². The number of nitrogens with one attached hydrogen (secondary N) is 1. The molecule has 0 saturated heterocycles. The Morgan fingerprint density at radius 1 is 1.32 bits per heavy atom. The van der Waals surface area contributed by atoms with Crippen LogP contribution in [0.3, 0.4) is 0 Å². The molecule has 2 fully saturated rings. The van der Waals surface area contributed by atoms with Crippen LogP contribution in [0.25, 0.3) is 0 Å². The maximum absolute atomic E-state index is 14.4. The van der Waals surface area contributed by atoms with Crippen LogP contribution in [-0.2, 0) is 16.0 Å². The number of ketones is 1. The first kappa shape index (κ1) is 20.3. The second-order valence-electron chi connectivity index (χ2n) is 9.70. The fraction of sp³-hybridized carbons (Fsp3) is 0.583. The van der Waals surface area contributed by atoms with Crippen molar-refractivity contribution < 1.29 is 18.4 Å². The van der Waals surface area contributed by atoms with Gasteiger partial charge in [0.25, 0.3) is 0 Å². The molecular formula is C24H28FN3O3. The van der Waals surface area contributed by atoms with Crippen molar-refractivity contribution in [2.75, 3.05) is 5.32 Å². The van der Waals surface area contributed by atoms with E-state index in [0.29, 0.717) is 42.8 Å². The van der Waals surface area contributed by atoms with Crippen LogP contribution in [0.4, 0.5) is 10.4 Å². The molecule has 1 aromatic carbocycles. The third kappa shape index (κ3) is 3.38. The van der Waals surface area contributed by atoms with Gasteiger partial charge >= 0.3 is 6.01 Å². The van der Waals surface area contributed by atoms with Gasteiger partial charge in [0.2, 0.25) is 11.8 Å². The van der Waals surface area contributed by atoms with E-state index in [1.807, 2.05) is 6.07 Å². The van der Waals surface area contributed by atoms with Crippen LogP contribution in [0.1, 0.15) is 68.4 Å². The maximum Gasteiger partial charge on any atom is 0.322 e. The van der Waals surface area contributed by atoms with Crippen molar-refractivity contribution in [1.29, 1.82) is 0 Å². The topological polar surface area (TPSA) is 85.1 Å². The molecule has 1 aromatic heterocycles. The molecule has 3 aliphatic carbocycles. The van der Waals surface area contributed by atoms with Gasteiger partial charge in [-0.15, -0.1) is 5.10 Å². The van der Waals surface area contributed by atoms with Crippen molar-refractivity contribution in [1.82, 2.24) is 10.2 Å². The molecule has 2 aromatic rings. The summed E-state index contributed by atoms with van der Waals surface area (Å²) in [5, 5.41) is 10.2. The zero-order valence-corrected chi connectivity index (χ0v) is 18.0. The van der Waals surface area contributed by atoms with Crippen molar-refractivity contribution in [3.05, 3.63) is 41.0 Å². The van der Waals surface area contributed by atoms with Gasteiger partial charge in [-0.1, -0.05) is 24.2 Å². The second kappa shape index (κ2) is 7.53. The average Bonchev–Trinajstić information content (AvgIpc) is 3.26. The molecule has 164 valence electrons. The van der Waals surface area contributed by atoms with Gasteiger partial charge in [0.1, 0.15) is 11.6 Å². The Morgan fingerprint density at radius 3 is 2.94 bits per heavy atom. The standard InChI is InChI=1S/C24H28FN3O3/c1-13-27-28-23(31-13)26-21(30)9-6-14-12-20(29)24(2)11-10-16-15-4-3-5-19(25)17(15)7-8-18(16)22(14)24/h3-5,14,16,18,22H,6-12H2,1-2H3,(H,26,28,30)/t14-,16?,18?,22?,24-/m1/s1. The smallest absolute Gasteiger partial charge is 0.322 e. The van der Waals surface area contributed by atoms with E-state index >= 15 is 0 Å². The molecular weight excluding hydrogens is 397 g/mol. The summed E-state index contributed by atoms with van der Waals surface area (Å²) in [7, 11) is 0. The Labute approximate surface area is 181 Å². The van der Waals surface area contributed by atoms with Gasteiger partial charge in [0.15, 0.2) is 0 Å². The van der Waals surface area contributed by atoms with Crippen molar-refractivity contribution >= 4 is 17.7 Å². The molecule has 5 atom stereocenters. The first-order valence-electron chi connectivity index (χ1n) is 11.3. The van der Waals surface area contributed by atoms with E-state index in [1.165, 1.54) is 0 Å². The molecule has 6 nitrogen and oxygen atoms in total. The van der Waals surface area contributed by atoms with Crippen LogP contribution < -0.4 is 5.32 Å². The number of halogens is 1. The number of carbonyl (C=O) groups excluding carboxylic acids is 2. The number of carbonyl (C=O) groups is 2. The molecule has 31 heavy (non-hydrogen) atoms. The number of nitrogens with zero attached hydrogens (tertiary/aromatic N) is 2. The van der Waals surface area contributed by atoms with Crippen molar-refractivity contribution in [2.45, 2.75) is 64.7 Å². The Hall–Kier alpha value is -2.57. The van der Waals surface area contributed by atoms with E-state index in [0.717, 1.165) is 36.8 Å². The molecule has 5 rings (SSSR count). The van der Waals surface area contributed by atoms with Crippen molar-refractivity contribution in [2.24, 2.45) is 23.2 Å². The van der Waals surface area contributed by atoms with E-state index in [9.17, 15) is 14.0 Å². The molecule has 1 heterocycles. The van der Waals surface area contributed by atoms with E-state index < -0.39 is 0 Å². The van der Waals surface area contributed by atoms with Crippen LogP contribution >= 0.6 is 0 Å². The van der Waals surface area contributed by atoms with Gasteiger partial charge in [-0.25, -0.2) is 4.39 Å². The molecule has 3 aliphatic rings. The lowest BCUT2D eigenvalue weighted by molar-refractivity contribution is -0.129. The third-order valence-electron chi connectivity index (χ3n) is 8.08. The third-order valence-corrected chi connectivity index (χ3v) is 8.08. The van der Waals surface area contributed by atoms with Gasteiger partial charge < -0.3 is 4.42 Å². The number of hydrogen-bond acceptors (Lipinski definition) is 5. The van der Waals surface area contributed by atoms with Gasteiger partial charge in [-0.05, 0) is 73.0 Å². The summed E-state index contributed by atoms with van der Waals surface area (Å²) in [6.07, 6.45) is 4.93. The lowest BCUT2D eigenvalue weighted by Gasteiger charge is -2.50. The van der Waals surface area contributed by atoms with Gasteiger partial charge in [0.05, 0.1) is 0 Å². The molecule has 7 heteroatoms. The number of benzene rings is 1. The Bertz CT molecular complexity index is 1030. The van der Waals surface area contributed by atoms with Crippen LogP contribution in [-0.4, -0.2) is 21.9 Å². The molecule has 0 radical (unpaired) electrons. The lowest BCUT2D eigenvalue weighted by atomic mass is 9.54. The number of Topliss-reactive ketones (excluding diaryl/α,β-unsaturated/α-hetero) is 1. The first-order valence-corrected chi connectivity index (χ1v) is 11.3. The molecule has 0 aliphatic heterocycles. The highest BCUT2D eigenvalue weighted by atomic mass is 19.1. The summed E-state index contributed by atoms with van der Waals surface area (Å²) in [4.78, 5) is 25.5. The molecule has 0 spiro atoms. The summed E-state index contributed by atoms with van der Waals surface area (Å²) < 4.78 is 19.6. The van der Waals surface area contributed by atoms with Gasteiger partial charge in [-0.3, -0.25) is 14.9 Å². The number of aromatic nitrogens is 2. The fourth-order valence-electron chi connectivity index (χ4n) is 6.74. The minimum absolute atomic E-state index is 0.101. The zero-order valence-electron chi connectivity index (χ0n) is 18.0. The Morgan fingerprint density at radius 2 is 2.16 bits per heavy atom.